The van der Waals surface area contributed by atoms with E-state index >= 15 is 0 Å². The van der Waals surface area contributed by atoms with Crippen molar-refractivity contribution in [2.24, 2.45) is 11.5 Å². The summed E-state index contributed by atoms with van der Waals surface area (Å²) in [4.78, 5) is 0. The lowest BCUT2D eigenvalue weighted by Gasteiger charge is -2.28. The molecule has 98 valence electrons. The molecule has 0 radical (unpaired) electrons. The zero-order valence-electron chi connectivity index (χ0n) is 9.87. The average Bonchev–Trinajstić information content (AvgIpc) is 2.31. The molecule has 3 nitrogen and oxygen atoms in total. The predicted octanol–water partition coefficient (Wildman–Crippen LogP) is 2.92. The first-order chi connectivity index (χ1) is 8.49. The van der Waals surface area contributed by atoms with E-state index in [-0.39, 0.29) is 22.9 Å². The van der Waals surface area contributed by atoms with E-state index in [4.69, 9.17) is 34.7 Å². The van der Waals surface area contributed by atoms with E-state index < -0.39 is 0 Å². The number of hydrogen-bond donors (Lipinski definition) is 3. The fraction of sp³-hybridized carbons (Fsp3) is 0.385. The molecule has 0 spiro atoms. The normalized spacial score (nSPS) is 26.6. The summed E-state index contributed by atoms with van der Waals surface area (Å²) < 4.78 is 0. The maximum atomic E-state index is 9.90. The summed E-state index contributed by atoms with van der Waals surface area (Å²) in [5.41, 5.74) is 13.6. The van der Waals surface area contributed by atoms with Crippen molar-refractivity contribution in [1.82, 2.24) is 0 Å². The summed E-state index contributed by atoms with van der Waals surface area (Å²) in [5, 5.41) is 10.6. The molecular formula is C13H16Cl2N2O. The van der Waals surface area contributed by atoms with Gasteiger partial charge in [-0.2, -0.15) is 0 Å². The van der Waals surface area contributed by atoms with Crippen LogP contribution in [0.1, 0.15) is 24.8 Å². The van der Waals surface area contributed by atoms with Gasteiger partial charge in [0.05, 0.1) is 5.02 Å². The van der Waals surface area contributed by atoms with Crippen LogP contribution in [0.25, 0.3) is 6.08 Å². The van der Waals surface area contributed by atoms with Crippen LogP contribution in [-0.2, 0) is 0 Å². The summed E-state index contributed by atoms with van der Waals surface area (Å²) >= 11 is 11.8. The van der Waals surface area contributed by atoms with Gasteiger partial charge in [-0.3, -0.25) is 0 Å². The molecule has 2 rings (SSSR count). The number of phenolic OH excluding ortho intramolecular Hbond substituents is 1. The van der Waals surface area contributed by atoms with E-state index in [1.54, 1.807) is 6.07 Å². The van der Waals surface area contributed by atoms with Gasteiger partial charge in [0.2, 0.25) is 0 Å². The van der Waals surface area contributed by atoms with Crippen molar-refractivity contribution in [2.75, 3.05) is 0 Å². The lowest BCUT2D eigenvalue weighted by atomic mass is 9.86. The first-order valence-electron chi connectivity index (χ1n) is 5.88. The molecule has 5 heteroatoms. The molecule has 2 atom stereocenters. The molecule has 5 N–H and O–H groups in total. The Labute approximate surface area is 116 Å². The Morgan fingerprint density at radius 2 is 2.00 bits per heavy atom. The molecule has 1 aliphatic rings. The second-order valence-corrected chi connectivity index (χ2v) is 5.47. The molecule has 1 fully saturated rings. The standard InChI is InChI=1S/C13H16Cl2N2O/c14-9-5-8(13(18)10(15)6-9)4-7-2-1-3-11(16)12(7)17/h4-6,11-12,18H,1-3,16-17H2. The van der Waals surface area contributed by atoms with Crippen molar-refractivity contribution in [3.63, 3.8) is 0 Å². The molecule has 0 heterocycles. The average molecular weight is 287 g/mol. The van der Waals surface area contributed by atoms with Crippen molar-refractivity contribution in [1.29, 1.82) is 0 Å². The van der Waals surface area contributed by atoms with Crippen LogP contribution in [-0.4, -0.2) is 17.2 Å². The van der Waals surface area contributed by atoms with Gasteiger partial charge in [-0.1, -0.05) is 34.9 Å². The second-order valence-electron chi connectivity index (χ2n) is 4.63. The summed E-state index contributed by atoms with van der Waals surface area (Å²) in [6, 6.07) is 2.98. The van der Waals surface area contributed by atoms with Crippen LogP contribution in [0.4, 0.5) is 0 Å². The molecule has 1 saturated carbocycles. The quantitative estimate of drug-likeness (QED) is 0.743. The Balaban J connectivity index is 2.38. The molecule has 0 saturated heterocycles. The van der Waals surface area contributed by atoms with Gasteiger partial charge in [0.25, 0.3) is 0 Å². The highest BCUT2D eigenvalue weighted by molar-refractivity contribution is 6.35. The monoisotopic (exact) mass is 286 g/mol. The molecule has 18 heavy (non-hydrogen) atoms. The van der Waals surface area contributed by atoms with E-state index in [9.17, 15) is 5.11 Å². The van der Waals surface area contributed by atoms with Gasteiger partial charge in [0.1, 0.15) is 5.75 Å². The van der Waals surface area contributed by atoms with E-state index in [0.29, 0.717) is 10.6 Å². The smallest absolute Gasteiger partial charge is 0.141 e. The van der Waals surface area contributed by atoms with Gasteiger partial charge >= 0.3 is 0 Å². The Bertz CT molecular complexity index is 488. The van der Waals surface area contributed by atoms with Crippen molar-refractivity contribution in [3.8, 4) is 5.75 Å². The molecule has 0 aromatic heterocycles. The Morgan fingerprint density at radius 3 is 2.72 bits per heavy atom. The van der Waals surface area contributed by atoms with Crippen molar-refractivity contribution < 1.29 is 5.11 Å². The largest absolute Gasteiger partial charge is 0.506 e. The number of phenols is 1. The fourth-order valence-electron chi connectivity index (χ4n) is 2.23. The van der Waals surface area contributed by atoms with Crippen LogP contribution in [0, 0.1) is 0 Å². The van der Waals surface area contributed by atoms with Gasteiger partial charge in [0, 0.05) is 22.7 Å². The summed E-state index contributed by atoms with van der Waals surface area (Å²) in [5.74, 6) is 0.0277. The predicted molar refractivity (Wildman–Crippen MR) is 75.9 cm³/mol. The van der Waals surface area contributed by atoms with Crippen molar-refractivity contribution >= 4 is 29.3 Å². The van der Waals surface area contributed by atoms with Gasteiger partial charge in [-0.25, -0.2) is 0 Å². The minimum absolute atomic E-state index is 0.0261. The lowest BCUT2D eigenvalue weighted by molar-refractivity contribution is 0.462. The van der Waals surface area contributed by atoms with Crippen LogP contribution < -0.4 is 11.5 Å². The Kier molecular flexibility index (Phi) is 4.17. The Hall–Kier alpha value is -0.740. The van der Waals surface area contributed by atoms with E-state index in [1.807, 2.05) is 6.08 Å². The summed E-state index contributed by atoms with van der Waals surface area (Å²) in [7, 11) is 0. The van der Waals surface area contributed by atoms with Crippen LogP contribution in [0.2, 0.25) is 10.0 Å². The number of hydrogen-bond acceptors (Lipinski definition) is 3. The molecule has 1 aromatic carbocycles. The van der Waals surface area contributed by atoms with Crippen LogP contribution in [0.15, 0.2) is 17.7 Å². The molecular weight excluding hydrogens is 271 g/mol. The highest BCUT2D eigenvalue weighted by Crippen LogP contribution is 2.34. The highest BCUT2D eigenvalue weighted by Gasteiger charge is 2.22. The third-order valence-electron chi connectivity index (χ3n) is 3.29. The molecule has 0 aliphatic heterocycles. The lowest BCUT2D eigenvalue weighted by Crippen LogP contribution is -2.45. The molecule has 0 bridgehead atoms. The van der Waals surface area contributed by atoms with E-state index in [1.165, 1.54) is 6.07 Å². The molecule has 1 aliphatic carbocycles. The third-order valence-corrected chi connectivity index (χ3v) is 3.80. The maximum absolute atomic E-state index is 9.90. The first kappa shape index (κ1) is 13.7. The maximum Gasteiger partial charge on any atom is 0.141 e. The number of benzene rings is 1. The zero-order valence-corrected chi connectivity index (χ0v) is 11.4. The first-order valence-corrected chi connectivity index (χ1v) is 6.64. The van der Waals surface area contributed by atoms with Crippen LogP contribution in [0.5, 0.6) is 5.75 Å². The van der Waals surface area contributed by atoms with Gasteiger partial charge in [-0.05, 0) is 31.4 Å². The zero-order chi connectivity index (χ0) is 13.3. The molecule has 2 unspecified atom stereocenters. The van der Waals surface area contributed by atoms with Gasteiger partial charge in [-0.15, -0.1) is 0 Å². The Morgan fingerprint density at radius 1 is 1.28 bits per heavy atom. The minimum atomic E-state index is -0.170. The van der Waals surface area contributed by atoms with Crippen LogP contribution >= 0.6 is 23.2 Å². The summed E-state index contributed by atoms with van der Waals surface area (Å²) in [6.45, 7) is 0. The van der Waals surface area contributed by atoms with Crippen LogP contribution in [0.3, 0.4) is 0 Å². The van der Waals surface area contributed by atoms with Gasteiger partial charge < -0.3 is 16.6 Å². The second kappa shape index (κ2) is 5.49. The third kappa shape index (κ3) is 2.81. The van der Waals surface area contributed by atoms with Crippen molar-refractivity contribution in [2.45, 2.75) is 31.3 Å². The number of rotatable bonds is 1. The molecule has 1 aromatic rings. The van der Waals surface area contributed by atoms with Crippen molar-refractivity contribution in [3.05, 3.63) is 33.3 Å². The number of nitrogens with two attached hydrogens (primary N) is 2. The minimum Gasteiger partial charge on any atom is -0.506 e. The number of aromatic hydroxyl groups is 1. The topological polar surface area (TPSA) is 72.3 Å². The molecule has 0 amide bonds. The van der Waals surface area contributed by atoms with Gasteiger partial charge in [0.15, 0.2) is 0 Å². The number of halogens is 2. The van der Waals surface area contributed by atoms with E-state index in [0.717, 1.165) is 24.8 Å². The highest BCUT2D eigenvalue weighted by atomic mass is 35.5. The van der Waals surface area contributed by atoms with E-state index in [2.05, 4.69) is 0 Å². The summed E-state index contributed by atoms with van der Waals surface area (Å²) in [6.07, 6.45) is 4.67. The SMILES string of the molecule is NC1CCCC(=Cc2cc(Cl)cc(Cl)c2O)C1N. The fourth-order valence-corrected chi connectivity index (χ4v) is 2.74.